The average molecular weight is 300 g/mol. The molecule has 0 bridgehead atoms. The van der Waals surface area contributed by atoms with Crippen LogP contribution in [0.5, 0.6) is 0 Å². The molecule has 0 radical (unpaired) electrons. The number of hydrogen-bond acceptors (Lipinski definition) is 5. The molecule has 1 atom stereocenters. The number of rotatable bonds is 3. The fraction of sp³-hybridized carbons (Fsp3) is 0.286. The van der Waals surface area contributed by atoms with Gasteiger partial charge in [0.15, 0.2) is 5.84 Å². The molecule has 0 spiro atoms. The molecule has 8 nitrogen and oxygen atoms in total. The van der Waals surface area contributed by atoms with Crippen LogP contribution in [0.4, 0.5) is 4.79 Å². The predicted molar refractivity (Wildman–Crippen MR) is 81.0 cm³/mol. The third kappa shape index (κ3) is 1.92. The summed E-state index contributed by atoms with van der Waals surface area (Å²) in [6.45, 7) is 0.351. The number of benzene rings is 1. The highest BCUT2D eigenvalue weighted by molar-refractivity contribution is 6.22. The molecule has 8 heteroatoms. The van der Waals surface area contributed by atoms with E-state index in [4.69, 9.17) is 0 Å². The summed E-state index contributed by atoms with van der Waals surface area (Å²) in [6.07, 6.45) is 1.31. The quantitative estimate of drug-likeness (QED) is 0.819. The lowest BCUT2D eigenvalue weighted by Crippen LogP contribution is -2.59. The topological polar surface area (TPSA) is 89.4 Å². The number of hydrogen-bond donors (Lipinski definition) is 2. The molecule has 1 aromatic carbocycles. The minimum absolute atomic E-state index is 0.257. The van der Waals surface area contributed by atoms with Gasteiger partial charge in [0.2, 0.25) is 0 Å². The lowest BCUT2D eigenvalue weighted by atomic mass is 10.1. The molecule has 2 aliphatic heterocycles. The molecule has 3 rings (SSSR count). The molecule has 1 saturated heterocycles. The van der Waals surface area contributed by atoms with Gasteiger partial charge in [-0.25, -0.2) is 9.79 Å². The molecule has 2 heterocycles. The summed E-state index contributed by atoms with van der Waals surface area (Å²) in [7, 11) is 3.10. The zero-order valence-corrected chi connectivity index (χ0v) is 12.3. The Morgan fingerprint density at radius 1 is 1.32 bits per heavy atom. The number of nitrogens with one attached hydrogen (secondary N) is 2. The van der Waals surface area contributed by atoms with Crippen molar-refractivity contribution in [3.63, 3.8) is 0 Å². The first-order valence-electron chi connectivity index (χ1n) is 6.78. The number of carbonyl (C=O) groups excluding carboxylic acids is 2. The van der Waals surface area contributed by atoms with Gasteiger partial charge in [-0.15, -0.1) is 0 Å². The highest BCUT2D eigenvalue weighted by Gasteiger charge is 2.59. The van der Waals surface area contributed by atoms with E-state index in [1.54, 1.807) is 7.05 Å². The monoisotopic (exact) mass is 300 g/mol. The normalized spacial score (nSPS) is 23.0. The van der Waals surface area contributed by atoms with Crippen molar-refractivity contribution in [2.45, 2.75) is 12.2 Å². The van der Waals surface area contributed by atoms with Crippen LogP contribution in [-0.4, -0.2) is 53.7 Å². The first-order chi connectivity index (χ1) is 10.6. The maximum Gasteiger partial charge on any atom is 0.327 e. The first-order valence-corrected chi connectivity index (χ1v) is 6.78. The minimum Gasteiger partial charge on any atom is -0.348 e. The average Bonchev–Trinajstić information content (AvgIpc) is 2.76. The largest absolute Gasteiger partial charge is 0.348 e. The van der Waals surface area contributed by atoms with Crippen LogP contribution >= 0.6 is 0 Å². The van der Waals surface area contributed by atoms with E-state index in [0.717, 1.165) is 5.56 Å². The van der Waals surface area contributed by atoms with Gasteiger partial charge in [0.1, 0.15) is 6.34 Å². The smallest absolute Gasteiger partial charge is 0.327 e. The Bertz CT molecular complexity index is 671. The molecule has 2 N–H and O–H groups in total. The molecule has 0 saturated carbocycles. The lowest BCUT2D eigenvalue weighted by Gasteiger charge is -2.30. The fourth-order valence-electron chi connectivity index (χ4n) is 2.56. The number of carbonyl (C=O) groups is 2. The van der Waals surface area contributed by atoms with Crippen LogP contribution in [0.2, 0.25) is 0 Å². The molecule has 1 aromatic rings. The van der Waals surface area contributed by atoms with Gasteiger partial charge < -0.3 is 5.32 Å². The van der Waals surface area contributed by atoms with E-state index >= 15 is 0 Å². The summed E-state index contributed by atoms with van der Waals surface area (Å²) in [4.78, 5) is 31.7. The van der Waals surface area contributed by atoms with E-state index in [9.17, 15) is 9.59 Å². The van der Waals surface area contributed by atoms with Crippen LogP contribution in [0.1, 0.15) is 5.56 Å². The summed E-state index contributed by atoms with van der Waals surface area (Å²) in [6, 6.07) is 9.18. The lowest BCUT2D eigenvalue weighted by molar-refractivity contribution is -0.127. The number of likely N-dealkylation sites (N-methyl/N-ethyl adjacent to an activating group) is 2. The van der Waals surface area contributed by atoms with E-state index in [1.165, 1.54) is 23.2 Å². The summed E-state index contributed by atoms with van der Waals surface area (Å²) in [5.74, 6) is -0.138. The van der Waals surface area contributed by atoms with E-state index < -0.39 is 11.6 Å². The summed E-state index contributed by atoms with van der Waals surface area (Å²) in [5, 5.41) is 6.86. The zero-order valence-electron chi connectivity index (χ0n) is 12.3. The Hall–Kier alpha value is -2.90. The number of hydrazone groups is 1. The van der Waals surface area contributed by atoms with E-state index in [-0.39, 0.29) is 11.9 Å². The summed E-state index contributed by atoms with van der Waals surface area (Å²) < 4.78 is 0. The van der Waals surface area contributed by atoms with Crippen molar-refractivity contribution in [2.24, 2.45) is 10.1 Å². The summed E-state index contributed by atoms with van der Waals surface area (Å²) in [5.41, 5.74) is 2.09. The van der Waals surface area contributed by atoms with Crippen LogP contribution in [0.3, 0.4) is 0 Å². The minimum atomic E-state index is -1.45. The third-order valence-corrected chi connectivity index (χ3v) is 3.78. The van der Waals surface area contributed by atoms with Gasteiger partial charge in [-0.05, 0) is 5.56 Å². The van der Waals surface area contributed by atoms with Gasteiger partial charge in [-0.3, -0.25) is 20.0 Å². The van der Waals surface area contributed by atoms with Crippen LogP contribution in [0, 0.1) is 0 Å². The van der Waals surface area contributed by atoms with E-state index in [1.807, 2.05) is 30.3 Å². The highest BCUT2D eigenvalue weighted by Crippen LogP contribution is 2.29. The number of amides is 3. The molecule has 0 aromatic heterocycles. The van der Waals surface area contributed by atoms with Crippen molar-refractivity contribution in [3.8, 4) is 0 Å². The number of amidine groups is 1. The van der Waals surface area contributed by atoms with Gasteiger partial charge in [-0.1, -0.05) is 30.3 Å². The van der Waals surface area contributed by atoms with Crippen molar-refractivity contribution in [2.75, 3.05) is 14.1 Å². The number of aliphatic imine (C=N–C) groups is 1. The van der Waals surface area contributed by atoms with E-state index in [0.29, 0.717) is 6.54 Å². The molecule has 114 valence electrons. The Labute approximate surface area is 127 Å². The number of nitrogens with zero attached hydrogens (tertiary/aromatic N) is 4. The van der Waals surface area contributed by atoms with Gasteiger partial charge in [0, 0.05) is 20.6 Å². The molecule has 0 unspecified atom stereocenters. The molecule has 0 aliphatic carbocycles. The van der Waals surface area contributed by atoms with Gasteiger partial charge in [-0.2, -0.15) is 5.10 Å². The van der Waals surface area contributed by atoms with Crippen molar-refractivity contribution in [3.05, 3.63) is 35.9 Å². The second-order valence-corrected chi connectivity index (χ2v) is 5.06. The van der Waals surface area contributed by atoms with Gasteiger partial charge in [0.05, 0.1) is 0 Å². The van der Waals surface area contributed by atoms with Crippen LogP contribution in [0.15, 0.2) is 40.4 Å². The SMILES string of the molecule is CN1C(=O)N(C)[C@@]2(C(=O)NCc3ccccc3)N=CNN=C12. The molecule has 1 fully saturated rings. The number of fused-ring (bicyclic) bond motifs is 1. The molecule has 2 aliphatic rings. The highest BCUT2D eigenvalue weighted by atomic mass is 16.2. The standard InChI is InChI=1S/C14H16N6O2/c1-19-11-14(16-9-17-18-11,20(2)13(19)22)12(21)15-8-10-6-4-3-5-7-10/h3-7,9H,8H2,1-2H3,(H,15,21)(H,16,17)/t14-/m0/s1. The van der Waals surface area contributed by atoms with Crippen molar-refractivity contribution < 1.29 is 9.59 Å². The fourth-order valence-corrected chi connectivity index (χ4v) is 2.56. The van der Waals surface area contributed by atoms with Gasteiger partial charge >= 0.3 is 6.03 Å². The maximum absolute atomic E-state index is 12.7. The first kappa shape index (κ1) is 14.1. The maximum atomic E-state index is 12.7. The van der Waals surface area contributed by atoms with Crippen molar-refractivity contribution in [1.82, 2.24) is 20.5 Å². The summed E-state index contributed by atoms with van der Waals surface area (Å²) >= 11 is 0. The Balaban J connectivity index is 1.86. The van der Waals surface area contributed by atoms with Crippen LogP contribution in [-0.2, 0) is 11.3 Å². The Kier molecular flexibility index (Phi) is 3.28. The van der Waals surface area contributed by atoms with E-state index in [2.05, 4.69) is 20.8 Å². The van der Waals surface area contributed by atoms with Crippen molar-refractivity contribution in [1.29, 1.82) is 0 Å². The Morgan fingerprint density at radius 3 is 2.77 bits per heavy atom. The third-order valence-electron chi connectivity index (χ3n) is 3.78. The second kappa shape index (κ2) is 5.14. The van der Waals surface area contributed by atoms with Crippen LogP contribution in [0.25, 0.3) is 0 Å². The van der Waals surface area contributed by atoms with Crippen LogP contribution < -0.4 is 10.7 Å². The predicted octanol–water partition coefficient (Wildman–Crippen LogP) is -0.0587. The second-order valence-electron chi connectivity index (χ2n) is 5.06. The zero-order chi connectivity index (χ0) is 15.7. The molecule has 3 amide bonds. The van der Waals surface area contributed by atoms with Gasteiger partial charge in [0.25, 0.3) is 11.6 Å². The van der Waals surface area contributed by atoms with Crippen molar-refractivity contribution >= 4 is 24.1 Å². The Morgan fingerprint density at radius 2 is 2.05 bits per heavy atom. The molecular formula is C14H16N6O2. The molecular weight excluding hydrogens is 284 g/mol. The molecule has 22 heavy (non-hydrogen) atoms. The number of urea groups is 1.